The van der Waals surface area contributed by atoms with Gasteiger partial charge in [0, 0.05) is 20.2 Å². The van der Waals surface area contributed by atoms with Crippen LogP contribution in [0.1, 0.15) is 19.3 Å². The molecule has 2 aliphatic rings. The number of methoxy groups -OCH3 is 1. The maximum Gasteiger partial charge on any atom is 0.239 e. The molecule has 2 rings (SSSR count). The number of carbonyl (C=O) groups excluding carboxylic acids is 1. The van der Waals surface area contributed by atoms with Crippen LogP contribution in [0, 0.1) is 0 Å². The van der Waals surface area contributed by atoms with Crippen molar-refractivity contribution < 1.29 is 14.3 Å². The van der Waals surface area contributed by atoms with Crippen molar-refractivity contribution in [2.24, 2.45) is 0 Å². The smallest absolute Gasteiger partial charge is 0.239 e. The summed E-state index contributed by atoms with van der Waals surface area (Å²) in [6.07, 6.45) is 3.32. The summed E-state index contributed by atoms with van der Waals surface area (Å²) >= 11 is 0. The lowest BCUT2D eigenvalue weighted by molar-refractivity contribution is -0.143. The van der Waals surface area contributed by atoms with E-state index in [-0.39, 0.29) is 18.1 Å². The Hall–Kier alpha value is -0.650. The molecule has 0 aliphatic carbocycles. The minimum absolute atomic E-state index is 0.0186. The maximum atomic E-state index is 12.3. The second-order valence-corrected chi connectivity index (χ2v) is 4.73. The van der Waals surface area contributed by atoms with Gasteiger partial charge in [0.25, 0.3) is 0 Å². The van der Waals surface area contributed by atoms with E-state index in [9.17, 15) is 4.79 Å². The summed E-state index contributed by atoms with van der Waals surface area (Å²) in [5.41, 5.74) is 0. The molecule has 0 aromatic rings. The van der Waals surface area contributed by atoms with Crippen LogP contribution in [0.5, 0.6) is 0 Å². The van der Waals surface area contributed by atoms with Crippen LogP contribution in [0.2, 0.25) is 0 Å². The zero-order valence-electron chi connectivity index (χ0n) is 10.5. The molecule has 2 fully saturated rings. The van der Waals surface area contributed by atoms with Gasteiger partial charge in [0.2, 0.25) is 5.91 Å². The summed E-state index contributed by atoms with van der Waals surface area (Å²) in [6, 6.07) is 0.0186. The topological polar surface area (TPSA) is 50.8 Å². The first-order chi connectivity index (χ1) is 8.31. The first-order valence-corrected chi connectivity index (χ1v) is 6.44. The summed E-state index contributed by atoms with van der Waals surface area (Å²) in [5.74, 6) is 0.231. The molecule has 5 nitrogen and oxygen atoms in total. The van der Waals surface area contributed by atoms with Crippen molar-refractivity contribution >= 4 is 5.91 Å². The van der Waals surface area contributed by atoms with Crippen molar-refractivity contribution in [1.82, 2.24) is 10.2 Å². The highest BCUT2D eigenvalue weighted by Crippen LogP contribution is 2.13. The number of hydrogen-bond donors (Lipinski definition) is 1. The molecule has 0 saturated carbocycles. The van der Waals surface area contributed by atoms with Gasteiger partial charge in [-0.1, -0.05) is 6.42 Å². The number of carbonyl (C=O) groups is 1. The third-order valence-electron chi connectivity index (χ3n) is 3.41. The van der Waals surface area contributed by atoms with Crippen molar-refractivity contribution in [2.75, 3.05) is 40.0 Å². The molecule has 0 unspecified atom stereocenters. The second-order valence-electron chi connectivity index (χ2n) is 4.73. The number of hydrogen-bond acceptors (Lipinski definition) is 4. The number of amides is 1. The van der Waals surface area contributed by atoms with E-state index in [0.717, 1.165) is 19.4 Å². The van der Waals surface area contributed by atoms with Crippen LogP contribution < -0.4 is 5.32 Å². The molecule has 1 amide bonds. The highest BCUT2D eigenvalue weighted by Gasteiger charge is 2.29. The average molecular weight is 242 g/mol. The first kappa shape index (κ1) is 12.8. The van der Waals surface area contributed by atoms with E-state index in [0.29, 0.717) is 26.3 Å². The molecule has 0 radical (unpaired) electrons. The summed E-state index contributed by atoms with van der Waals surface area (Å²) in [5, 5.41) is 3.30. The van der Waals surface area contributed by atoms with Gasteiger partial charge >= 0.3 is 0 Å². The number of piperidine rings is 1. The Morgan fingerprint density at radius 1 is 1.53 bits per heavy atom. The molecule has 5 heteroatoms. The van der Waals surface area contributed by atoms with Gasteiger partial charge in [-0.05, 0) is 19.4 Å². The van der Waals surface area contributed by atoms with Crippen LogP contribution in [0.15, 0.2) is 0 Å². The van der Waals surface area contributed by atoms with Gasteiger partial charge in [-0.15, -0.1) is 0 Å². The standard InChI is InChI=1S/C12H22N2O3/c1-16-9-10-8-14(6-7-17-10)12(15)11-4-2-3-5-13-11/h10-11,13H,2-9H2,1H3/t10-,11-/m1/s1. The number of nitrogens with one attached hydrogen (secondary N) is 1. The summed E-state index contributed by atoms with van der Waals surface area (Å²) in [6.45, 7) is 3.50. The van der Waals surface area contributed by atoms with E-state index in [1.54, 1.807) is 7.11 Å². The Morgan fingerprint density at radius 3 is 3.12 bits per heavy atom. The van der Waals surface area contributed by atoms with E-state index >= 15 is 0 Å². The maximum absolute atomic E-state index is 12.3. The van der Waals surface area contributed by atoms with Crippen molar-refractivity contribution in [3.05, 3.63) is 0 Å². The predicted molar refractivity (Wildman–Crippen MR) is 63.8 cm³/mol. The van der Waals surface area contributed by atoms with Gasteiger partial charge in [-0.3, -0.25) is 4.79 Å². The largest absolute Gasteiger partial charge is 0.382 e. The zero-order valence-corrected chi connectivity index (χ0v) is 10.5. The van der Waals surface area contributed by atoms with Crippen LogP contribution in [-0.2, 0) is 14.3 Å². The average Bonchev–Trinajstić information content (AvgIpc) is 2.40. The molecule has 0 aromatic heterocycles. The Morgan fingerprint density at radius 2 is 2.41 bits per heavy atom. The van der Waals surface area contributed by atoms with Crippen LogP contribution in [0.4, 0.5) is 0 Å². The molecule has 2 heterocycles. The van der Waals surface area contributed by atoms with Crippen LogP contribution in [0.3, 0.4) is 0 Å². The molecule has 0 aromatic carbocycles. The van der Waals surface area contributed by atoms with Crippen LogP contribution in [0.25, 0.3) is 0 Å². The van der Waals surface area contributed by atoms with E-state index in [2.05, 4.69) is 5.32 Å². The Labute approximate surface area is 102 Å². The molecular formula is C12H22N2O3. The quantitative estimate of drug-likeness (QED) is 0.757. The molecule has 0 bridgehead atoms. The Kier molecular flexibility index (Phi) is 4.76. The van der Waals surface area contributed by atoms with E-state index < -0.39 is 0 Å². The van der Waals surface area contributed by atoms with Crippen LogP contribution >= 0.6 is 0 Å². The zero-order chi connectivity index (χ0) is 12.1. The van der Waals surface area contributed by atoms with E-state index in [4.69, 9.17) is 9.47 Å². The minimum Gasteiger partial charge on any atom is -0.382 e. The van der Waals surface area contributed by atoms with Gasteiger partial charge in [0.05, 0.1) is 25.4 Å². The van der Waals surface area contributed by atoms with Crippen molar-refractivity contribution in [2.45, 2.75) is 31.4 Å². The summed E-state index contributed by atoms with van der Waals surface area (Å²) < 4.78 is 10.6. The summed E-state index contributed by atoms with van der Waals surface area (Å²) in [7, 11) is 1.66. The van der Waals surface area contributed by atoms with Crippen molar-refractivity contribution in [3.63, 3.8) is 0 Å². The fraction of sp³-hybridized carbons (Fsp3) is 0.917. The number of rotatable bonds is 3. The summed E-state index contributed by atoms with van der Waals surface area (Å²) in [4.78, 5) is 14.2. The fourth-order valence-corrected chi connectivity index (χ4v) is 2.49. The lowest BCUT2D eigenvalue weighted by Gasteiger charge is -2.35. The minimum atomic E-state index is 0.0186. The lowest BCUT2D eigenvalue weighted by Crippen LogP contribution is -2.54. The molecule has 17 heavy (non-hydrogen) atoms. The van der Waals surface area contributed by atoms with Gasteiger partial charge in [0.1, 0.15) is 0 Å². The predicted octanol–water partition coefficient (Wildman–Crippen LogP) is 0.00230. The van der Waals surface area contributed by atoms with Gasteiger partial charge in [-0.25, -0.2) is 0 Å². The first-order valence-electron chi connectivity index (χ1n) is 6.44. The molecular weight excluding hydrogens is 220 g/mol. The van der Waals surface area contributed by atoms with E-state index in [1.807, 2.05) is 4.90 Å². The molecule has 98 valence electrons. The van der Waals surface area contributed by atoms with Gasteiger partial charge < -0.3 is 19.7 Å². The molecule has 1 N–H and O–H groups in total. The third-order valence-corrected chi connectivity index (χ3v) is 3.41. The van der Waals surface area contributed by atoms with Crippen LogP contribution in [-0.4, -0.2) is 62.9 Å². The number of morpholine rings is 1. The lowest BCUT2D eigenvalue weighted by atomic mass is 10.0. The van der Waals surface area contributed by atoms with Gasteiger partial charge in [-0.2, -0.15) is 0 Å². The highest BCUT2D eigenvalue weighted by atomic mass is 16.5. The monoisotopic (exact) mass is 242 g/mol. The van der Waals surface area contributed by atoms with Gasteiger partial charge in [0.15, 0.2) is 0 Å². The Balaban J connectivity index is 1.85. The van der Waals surface area contributed by atoms with E-state index in [1.165, 1.54) is 6.42 Å². The second kappa shape index (κ2) is 6.33. The Bertz CT molecular complexity index is 252. The van der Waals surface area contributed by atoms with Crippen molar-refractivity contribution in [3.8, 4) is 0 Å². The molecule has 2 atom stereocenters. The molecule has 0 spiro atoms. The highest BCUT2D eigenvalue weighted by molar-refractivity contribution is 5.82. The van der Waals surface area contributed by atoms with Crippen molar-refractivity contribution in [1.29, 1.82) is 0 Å². The third kappa shape index (κ3) is 3.40. The number of ether oxygens (including phenoxy) is 2. The number of nitrogens with zero attached hydrogens (tertiary/aromatic N) is 1. The molecule has 2 aliphatic heterocycles. The fourth-order valence-electron chi connectivity index (χ4n) is 2.49. The molecule has 2 saturated heterocycles. The SMILES string of the molecule is COC[C@H]1CN(C(=O)[C@H]2CCCCN2)CCO1. The normalized spacial score (nSPS) is 30.3.